The van der Waals surface area contributed by atoms with Crippen molar-refractivity contribution in [3.63, 3.8) is 0 Å². The molecule has 0 aromatic heterocycles. The van der Waals surface area contributed by atoms with Crippen molar-refractivity contribution in [2.45, 2.75) is 20.8 Å². The Morgan fingerprint density at radius 2 is 1.94 bits per heavy atom. The van der Waals surface area contributed by atoms with E-state index in [1.807, 2.05) is 0 Å². The second-order valence-corrected chi connectivity index (χ2v) is 4.48. The minimum absolute atomic E-state index is 0.163. The van der Waals surface area contributed by atoms with E-state index in [1.54, 1.807) is 20.8 Å². The first-order valence-electron chi connectivity index (χ1n) is 5.17. The normalized spacial score (nSPS) is 11.1. The number of halogens is 2. The maximum Gasteiger partial charge on any atom is 0.234 e. The van der Waals surface area contributed by atoms with Gasteiger partial charge in [-0.1, -0.05) is 12.2 Å². The first-order chi connectivity index (χ1) is 7.75. The molecule has 0 saturated carbocycles. The van der Waals surface area contributed by atoms with Gasteiger partial charge < -0.3 is 5.32 Å². The highest BCUT2D eigenvalue weighted by Gasteiger charge is 2.29. The number of benzene rings is 1. The predicted molar refractivity (Wildman–Crippen MR) is 63.6 cm³/mol. The summed E-state index contributed by atoms with van der Waals surface area (Å²) in [5.41, 5.74) is -0.352. The first-order valence-corrected chi connectivity index (χ1v) is 5.17. The fourth-order valence-corrected chi connectivity index (χ4v) is 1.07. The highest BCUT2D eigenvalue weighted by Crippen LogP contribution is 2.27. The van der Waals surface area contributed by atoms with Crippen molar-refractivity contribution in [1.82, 2.24) is 0 Å². The van der Waals surface area contributed by atoms with Crippen LogP contribution in [-0.2, 0) is 4.79 Å². The molecule has 0 unspecified atom stereocenters. The average Bonchev–Trinajstić information content (AvgIpc) is 2.23. The second kappa shape index (κ2) is 4.65. The van der Waals surface area contributed by atoms with E-state index in [0.717, 1.165) is 18.2 Å². The van der Waals surface area contributed by atoms with Crippen LogP contribution in [0.4, 0.5) is 14.5 Å². The molecule has 0 bridgehead atoms. The average molecular weight is 239 g/mol. The van der Waals surface area contributed by atoms with E-state index < -0.39 is 23.0 Å². The molecule has 1 amide bonds. The van der Waals surface area contributed by atoms with Crippen LogP contribution in [0.1, 0.15) is 20.8 Å². The summed E-state index contributed by atoms with van der Waals surface area (Å²) in [5, 5.41) is 2.36. The fourth-order valence-electron chi connectivity index (χ4n) is 1.07. The smallest absolute Gasteiger partial charge is 0.234 e. The zero-order valence-corrected chi connectivity index (χ0v) is 10.1. The van der Waals surface area contributed by atoms with Gasteiger partial charge in [0.15, 0.2) is 0 Å². The van der Waals surface area contributed by atoms with Gasteiger partial charge in [0.1, 0.15) is 11.6 Å². The Kier molecular flexibility index (Phi) is 3.66. The van der Waals surface area contributed by atoms with E-state index in [9.17, 15) is 13.6 Å². The zero-order valence-electron chi connectivity index (χ0n) is 10.1. The Hall–Kier alpha value is -1.71. The van der Waals surface area contributed by atoms with Crippen molar-refractivity contribution in [2.24, 2.45) is 5.41 Å². The molecular formula is C13H15F2NO. The molecule has 0 fully saturated rings. The number of anilines is 1. The Morgan fingerprint density at radius 1 is 1.35 bits per heavy atom. The van der Waals surface area contributed by atoms with Gasteiger partial charge in [0.05, 0.1) is 11.1 Å². The summed E-state index contributed by atoms with van der Waals surface area (Å²) in [6, 6.07) is 2.91. The molecule has 0 saturated heterocycles. The van der Waals surface area contributed by atoms with Gasteiger partial charge in [-0.3, -0.25) is 4.79 Å². The van der Waals surface area contributed by atoms with Crippen LogP contribution in [0.25, 0.3) is 0 Å². The van der Waals surface area contributed by atoms with Gasteiger partial charge in [0.25, 0.3) is 0 Å². The lowest BCUT2D eigenvalue weighted by molar-refractivity contribution is -0.122. The topological polar surface area (TPSA) is 29.1 Å². The maximum absolute atomic E-state index is 13.3. The van der Waals surface area contributed by atoms with Crippen molar-refractivity contribution in [3.05, 3.63) is 42.0 Å². The van der Waals surface area contributed by atoms with Crippen LogP contribution in [0.2, 0.25) is 0 Å². The molecule has 0 aliphatic carbocycles. The molecule has 1 aromatic rings. The molecule has 1 rings (SSSR count). The Labute approximate surface area is 99.3 Å². The molecule has 0 heterocycles. The van der Waals surface area contributed by atoms with Crippen LogP contribution in [0.3, 0.4) is 0 Å². The third-order valence-corrected chi connectivity index (χ3v) is 2.81. The Morgan fingerprint density at radius 3 is 2.47 bits per heavy atom. The number of hydrogen-bond acceptors (Lipinski definition) is 1. The lowest BCUT2D eigenvalue weighted by Crippen LogP contribution is -2.31. The van der Waals surface area contributed by atoms with Gasteiger partial charge in [-0.25, -0.2) is 8.78 Å². The summed E-state index contributed by atoms with van der Waals surface area (Å²) in [6.45, 7) is 8.75. The van der Waals surface area contributed by atoms with E-state index in [4.69, 9.17) is 0 Å². The van der Waals surface area contributed by atoms with Gasteiger partial charge in [-0.2, -0.15) is 0 Å². The zero-order chi connectivity index (χ0) is 13.2. The highest BCUT2D eigenvalue weighted by molar-refractivity contribution is 5.96. The molecule has 2 nitrogen and oxygen atoms in total. The molecule has 0 spiro atoms. The van der Waals surface area contributed by atoms with Crippen LogP contribution in [0.5, 0.6) is 0 Å². The van der Waals surface area contributed by atoms with Crippen molar-refractivity contribution in [3.8, 4) is 0 Å². The minimum atomic E-state index is -0.835. The summed E-state index contributed by atoms with van der Waals surface area (Å²) >= 11 is 0. The minimum Gasteiger partial charge on any atom is -0.323 e. The Balaban J connectivity index is 2.96. The maximum atomic E-state index is 13.3. The molecule has 1 aromatic carbocycles. The number of nitrogens with one attached hydrogen (secondary N) is 1. The van der Waals surface area contributed by atoms with Crippen molar-refractivity contribution < 1.29 is 13.6 Å². The quantitative estimate of drug-likeness (QED) is 0.803. The lowest BCUT2D eigenvalue weighted by atomic mass is 9.85. The van der Waals surface area contributed by atoms with Crippen LogP contribution in [0.15, 0.2) is 30.4 Å². The van der Waals surface area contributed by atoms with E-state index in [0.29, 0.717) is 5.57 Å². The standard InChI is InChI=1S/C13H15F2NO/c1-8(2)13(3,4)12(17)16-11-7-9(14)5-6-10(11)15/h5-7H,1H2,2-4H3,(H,16,17). The molecule has 0 atom stereocenters. The van der Waals surface area contributed by atoms with Crippen LogP contribution in [-0.4, -0.2) is 5.91 Å². The summed E-state index contributed by atoms with van der Waals surface area (Å²) < 4.78 is 26.2. The summed E-state index contributed by atoms with van der Waals surface area (Å²) in [6.07, 6.45) is 0. The van der Waals surface area contributed by atoms with Crippen molar-refractivity contribution >= 4 is 11.6 Å². The SMILES string of the molecule is C=C(C)C(C)(C)C(=O)Nc1cc(F)ccc1F. The predicted octanol–water partition coefficient (Wildman–Crippen LogP) is 3.51. The molecule has 1 N–H and O–H groups in total. The molecule has 92 valence electrons. The summed E-state index contributed by atoms with van der Waals surface area (Å²) in [4.78, 5) is 11.9. The van der Waals surface area contributed by atoms with Gasteiger partial charge >= 0.3 is 0 Å². The first kappa shape index (κ1) is 13.4. The molecule has 0 aliphatic heterocycles. The van der Waals surface area contributed by atoms with Gasteiger partial charge in [0.2, 0.25) is 5.91 Å². The van der Waals surface area contributed by atoms with Crippen molar-refractivity contribution in [1.29, 1.82) is 0 Å². The number of amides is 1. The van der Waals surface area contributed by atoms with E-state index in [-0.39, 0.29) is 5.69 Å². The van der Waals surface area contributed by atoms with Crippen LogP contribution >= 0.6 is 0 Å². The van der Waals surface area contributed by atoms with Crippen molar-refractivity contribution in [2.75, 3.05) is 5.32 Å². The molecule has 0 radical (unpaired) electrons. The van der Waals surface area contributed by atoms with Crippen LogP contribution in [0, 0.1) is 17.0 Å². The second-order valence-electron chi connectivity index (χ2n) is 4.48. The third-order valence-electron chi connectivity index (χ3n) is 2.81. The molecule has 0 aliphatic rings. The number of carbonyl (C=O) groups excluding carboxylic acids is 1. The third kappa shape index (κ3) is 2.90. The Bertz CT molecular complexity index is 466. The summed E-state index contributed by atoms with van der Waals surface area (Å²) in [7, 11) is 0. The van der Waals surface area contributed by atoms with Crippen LogP contribution < -0.4 is 5.32 Å². The summed E-state index contributed by atoms with van der Waals surface area (Å²) in [5.74, 6) is -1.69. The fraction of sp³-hybridized carbons (Fsp3) is 0.308. The molecule has 4 heteroatoms. The largest absolute Gasteiger partial charge is 0.323 e. The van der Waals surface area contributed by atoms with E-state index in [1.165, 1.54) is 0 Å². The van der Waals surface area contributed by atoms with E-state index >= 15 is 0 Å². The van der Waals surface area contributed by atoms with Gasteiger partial charge in [-0.05, 0) is 32.9 Å². The number of carbonyl (C=O) groups is 1. The van der Waals surface area contributed by atoms with E-state index in [2.05, 4.69) is 11.9 Å². The van der Waals surface area contributed by atoms with Gasteiger partial charge in [-0.15, -0.1) is 0 Å². The highest BCUT2D eigenvalue weighted by atomic mass is 19.1. The van der Waals surface area contributed by atoms with Gasteiger partial charge in [0, 0.05) is 6.07 Å². The molecule has 17 heavy (non-hydrogen) atoms. The number of hydrogen-bond donors (Lipinski definition) is 1. The monoisotopic (exact) mass is 239 g/mol. The molecular weight excluding hydrogens is 224 g/mol. The lowest BCUT2D eigenvalue weighted by Gasteiger charge is -2.23. The number of rotatable bonds is 3.